The summed E-state index contributed by atoms with van der Waals surface area (Å²) in [6, 6.07) is 14.9. The molecule has 0 spiro atoms. The second-order valence-electron chi connectivity index (χ2n) is 6.01. The average molecular weight is 382 g/mol. The van der Waals surface area contributed by atoms with Gasteiger partial charge in [-0.3, -0.25) is 4.79 Å². The lowest BCUT2D eigenvalue weighted by Crippen LogP contribution is -2.14. The van der Waals surface area contributed by atoms with Crippen LogP contribution in [0.3, 0.4) is 0 Å². The molecule has 6 nitrogen and oxygen atoms in total. The van der Waals surface area contributed by atoms with Crippen LogP contribution in [0.1, 0.15) is 15.6 Å². The van der Waals surface area contributed by atoms with Crippen molar-refractivity contribution >= 4 is 22.9 Å². The maximum Gasteiger partial charge on any atom is 0.231 e. The van der Waals surface area contributed by atoms with E-state index in [9.17, 15) is 4.79 Å². The summed E-state index contributed by atoms with van der Waals surface area (Å²) >= 11 is 1.50. The quantitative estimate of drug-likeness (QED) is 0.699. The van der Waals surface area contributed by atoms with Crippen molar-refractivity contribution in [1.82, 2.24) is 4.98 Å². The second-order valence-corrected chi connectivity index (χ2v) is 7.18. The molecule has 1 N–H and O–H groups in total. The van der Waals surface area contributed by atoms with Crippen LogP contribution in [0.25, 0.3) is 0 Å². The molecule has 0 atom stereocenters. The van der Waals surface area contributed by atoms with Gasteiger partial charge in [-0.15, -0.1) is 11.3 Å². The van der Waals surface area contributed by atoms with Gasteiger partial charge in [-0.2, -0.15) is 0 Å². The number of carbonyl (C=O) groups excluding carboxylic acids is 1. The fourth-order valence-corrected chi connectivity index (χ4v) is 3.68. The number of anilines is 1. The Morgan fingerprint density at radius 3 is 2.85 bits per heavy atom. The van der Waals surface area contributed by atoms with Gasteiger partial charge in [0.1, 0.15) is 17.4 Å². The van der Waals surface area contributed by atoms with Crippen LogP contribution in [-0.2, 0) is 17.8 Å². The number of aryl methyl sites for hydroxylation is 1. The summed E-state index contributed by atoms with van der Waals surface area (Å²) in [6.07, 6.45) is 0.267. The van der Waals surface area contributed by atoms with Gasteiger partial charge in [-0.25, -0.2) is 4.98 Å². The first kappa shape index (κ1) is 17.4. The molecular formula is C20H18N2O4S. The van der Waals surface area contributed by atoms with Crippen LogP contribution in [0.2, 0.25) is 0 Å². The Labute approximate surface area is 160 Å². The molecule has 2 aromatic carbocycles. The van der Waals surface area contributed by atoms with Crippen LogP contribution < -0.4 is 19.5 Å². The number of hydrogen-bond acceptors (Lipinski definition) is 6. The number of fused-ring (bicyclic) bond motifs is 1. The molecule has 1 amide bonds. The van der Waals surface area contributed by atoms with E-state index in [1.54, 1.807) is 18.2 Å². The predicted molar refractivity (Wildman–Crippen MR) is 103 cm³/mol. The number of rotatable bonds is 6. The van der Waals surface area contributed by atoms with E-state index in [2.05, 4.69) is 10.3 Å². The first-order valence-corrected chi connectivity index (χ1v) is 9.31. The van der Waals surface area contributed by atoms with E-state index in [0.29, 0.717) is 23.8 Å². The number of hydrogen-bond donors (Lipinski definition) is 1. The Hall–Kier alpha value is -3.06. The molecule has 1 aromatic heterocycles. The standard InChI is InChI=1S/C20H18N2O4S/c1-13-18(27-20(21-13)11-24-15-5-3-2-4-6-15)10-19(23)22-14-7-8-16-17(9-14)26-12-25-16/h2-9H,10-12H2,1H3,(H,22,23). The number of amides is 1. The first-order chi connectivity index (χ1) is 13.2. The number of aromatic nitrogens is 1. The predicted octanol–water partition coefficient (Wildman–Crippen LogP) is 3.94. The number of benzene rings is 2. The van der Waals surface area contributed by atoms with Crippen molar-refractivity contribution in [2.75, 3.05) is 12.1 Å². The minimum absolute atomic E-state index is 0.101. The highest BCUT2D eigenvalue weighted by atomic mass is 32.1. The van der Waals surface area contributed by atoms with Gasteiger partial charge < -0.3 is 19.5 Å². The SMILES string of the molecule is Cc1nc(COc2ccccc2)sc1CC(=O)Nc1ccc2c(c1)OCO2. The highest BCUT2D eigenvalue weighted by Gasteiger charge is 2.16. The average Bonchev–Trinajstić information content (AvgIpc) is 3.27. The van der Waals surface area contributed by atoms with Gasteiger partial charge in [0.05, 0.1) is 12.1 Å². The van der Waals surface area contributed by atoms with Gasteiger partial charge in [0, 0.05) is 16.6 Å². The second kappa shape index (κ2) is 7.67. The number of para-hydroxylation sites is 1. The third-order valence-electron chi connectivity index (χ3n) is 4.02. The Bertz CT molecular complexity index is 956. The minimum Gasteiger partial charge on any atom is -0.486 e. The maximum atomic E-state index is 12.4. The third-order valence-corrected chi connectivity index (χ3v) is 5.15. The number of nitrogens with zero attached hydrogens (tertiary/aromatic N) is 1. The summed E-state index contributed by atoms with van der Waals surface area (Å²) in [5.41, 5.74) is 1.53. The molecule has 0 bridgehead atoms. The highest BCUT2D eigenvalue weighted by Crippen LogP contribution is 2.34. The van der Waals surface area contributed by atoms with Gasteiger partial charge in [0.2, 0.25) is 12.7 Å². The van der Waals surface area contributed by atoms with Gasteiger partial charge in [0.25, 0.3) is 0 Å². The zero-order valence-corrected chi connectivity index (χ0v) is 15.5. The van der Waals surface area contributed by atoms with Gasteiger partial charge in [-0.05, 0) is 31.2 Å². The highest BCUT2D eigenvalue weighted by molar-refractivity contribution is 7.11. The summed E-state index contributed by atoms with van der Waals surface area (Å²) in [4.78, 5) is 17.8. The van der Waals surface area contributed by atoms with Crippen molar-refractivity contribution in [2.45, 2.75) is 20.0 Å². The Kier molecular flexibility index (Phi) is 4.93. The zero-order chi connectivity index (χ0) is 18.6. The Balaban J connectivity index is 1.36. The summed E-state index contributed by atoms with van der Waals surface area (Å²) in [5, 5.41) is 3.74. The van der Waals surface area contributed by atoms with Crippen molar-refractivity contribution in [3.8, 4) is 17.2 Å². The maximum absolute atomic E-state index is 12.4. The lowest BCUT2D eigenvalue weighted by atomic mass is 10.2. The molecule has 138 valence electrons. The van der Waals surface area contributed by atoms with E-state index in [0.717, 1.165) is 21.3 Å². The summed E-state index contributed by atoms with van der Waals surface area (Å²) < 4.78 is 16.3. The fraction of sp³-hybridized carbons (Fsp3) is 0.200. The normalized spacial score (nSPS) is 12.0. The topological polar surface area (TPSA) is 69.7 Å². The lowest BCUT2D eigenvalue weighted by Gasteiger charge is -2.05. The molecule has 0 saturated carbocycles. The molecule has 3 aromatic rings. The summed E-state index contributed by atoms with van der Waals surface area (Å²) in [6.45, 7) is 2.51. The Morgan fingerprint density at radius 2 is 2.00 bits per heavy atom. The molecule has 2 heterocycles. The van der Waals surface area contributed by atoms with Crippen molar-refractivity contribution in [3.05, 3.63) is 64.1 Å². The third kappa shape index (κ3) is 4.20. The first-order valence-electron chi connectivity index (χ1n) is 8.50. The van der Waals surface area contributed by atoms with Crippen LogP contribution in [-0.4, -0.2) is 17.7 Å². The van der Waals surface area contributed by atoms with Crippen LogP contribution in [0.15, 0.2) is 48.5 Å². The van der Waals surface area contributed by atoms with E-state index >= 15 is 0 Å². The molecule has 4 rings (SSSR count). The molecule has 0 aliphatic carbocycles. The monoisotopic (exact) mass is 382 g/mol. The number of thiazole rings is 1. The zero-order valence-electron chi connectivity index (χ0n) is 14.7. The van der Waals surface area contributed by atoms with Gasteiger partial charge in [-0.1, -0.05) is 18.2 Å². The summed E-state index contributed by atoms with van der Waals surface area (Å²) in [5.74, 6) is 2.03. The molecule has 27 heavy (non-hydrogen) atoms. The Morgan fingerprint density at radius 1 is 1.19 bits per heavy atom. The molecule has 0 fully saturated rings. The fourth-order valence-electron chi connectivity index (χ4n) is 2.70. The van der Waals surface area contributed by atoms with Crippen molar-refractivity contribution in [3.63, 3.8) is 0 Å². The van der Waals surface area contributed by atoms with E-state index in [4.69, 9.17) is 14.2 Å². The largest absolute Gasteiger partial charge is 0.486 e. The van der Waals surface area contributed by atoms with Crippen LogP contribution >= 0.6 is 11.3 Å². The van der Waals surface area contributed by atoms with Crippen molar-refractivity contribution in [1.29, 1.82) is 0 Å². The van der Waals surface area contributed by atoms with Crippen LogP contribution in [0.4, 0.5) is 5.69 Å². The lowest BCUT2D eigenvalue weighted by molar-refractivity contribution is -0.115. The van der Waals surface area contributed by atoms with Crippen molar-refractivity contribution < 1.29 is 19.0 Å². The van der Waals surface area contributed by atoms with Gasteiger partial charge in [0.15, 0.2) is 11.5 Å². The van der Waals surface area contributed by atoms with Gasteiger partial charge >= 0.3 is 0 Å². The van der Waals surface area contributed by atoms with E-state index < -0.39 is 0 Å². The minimum atomic E-state index is -0.101. The molecule has 0 unspecified atom stereocenters. The van der Waals surface area contributed by atoms with Crippen LogP contribution in [0.5, 0.6) is 17.2 Å². The molecule has 0 saturated heterocycles. The van der Waals surface area contributed by atoms with E-state index in [1.165, 1.54) is 11.3 Å². The molecule has 0 radical (unpaired) electrons. The molecule has 1 aliphatic rings. The number of ether oxygens (including phenoxy) is 3. The summed E-state index contributed by atoms with van der Waals surface area (Å²) in [7, 11) is 0. The molecule has 1 aliphatic heterocycles. The van der Waals surface area contributed by atoms with E-state index in [-0.39, 0.29) is 19.1 Å². The van der Waals surface area contributed by atoms with E-state index in [1.807, 2.05) is 37.3 Å². The molecular weight excluding hydrogens is 364 g/mol. The number of carbonyl (C=O) groups is 1. The van der Waals surface area contributed by atoms with Crippen molar-refractivity contribution in [2.24, 2.45) is 0 Å². The molecule has 7 heteroatoms. The smallest absolute Gasteiger partial charge is 0.231 e. The number of nitrogens with one attached hydrogen (secondary N) is 1. The van der Waals surface area contributed by atoms with Crippen LogP contribution in [0, 0.1) is 6.92 Å².